The Bertz CT molecular complexity index is 2360. The fourth-order valence-electron chi connectivity index (χ4n) is 6.76. The van der Waals surface area contributed by atoms with Crippen LogP contribution >= 0.6 is 58.0 Å². The van der Waals surface area contributed by atoms with Gasteiger partial charge in [-0.05, 0) is 70.4 Å². The van der Waals surface area contributed by atoms with Crippen LogP contribution in [0.5, 0.6) is 0 Å². The summed E-state index contributed by atoms with van der Waals surface area (Å²) in [6, 6.07) is 19.2. The third kappa shape index (κ3) is 20.8. The van der Waals surface area contributed by atoms with Gasteiger partial charge in [0.2, 0.25) is 0 Å². The molecule has 0 bridgehead atoms. The number of carbonyl (C=O) groups is 5. The Morgan fingerprint density at radius 1 is 0.714 bits per heavy atom. The maximum atomic E-state index is 13.8. The maximum Gasteiger partial charge on any atom is 0.407 e. The van der Waals surface area contributed by atoms with Gasteiger partial charge in [0.1, 0.15) is 12.1 Å². The summed E-state index contributed by atoms with van der Waals surface area (Å²) < 4.78 is 5.49. The summed E-state index contributed by atoms with van der Waals surface area (Å²) in [5.74, 6) is -0.437. The van der Waals surface area contributed by atoms with Crippen LogP contribution in [0.3, 0.4) is 0 Å². The summed E-state index contributed by atoms with van der Waals surface area (Å²) in [4.78, 5) is 79.7. The summed E-state index contributed by atoms with van der Waals surface area (Å²) >= 11 is 4.60. The van der Waals surface area contributed by atoms with Crippen LogP contribution in [0.15, 0.2) is 83.1 Å². The lowest BCUT2D eigenvalue weighted by Gasteiger charge is -2.30. The van der Waals surface area contributed by atoms with Crippen LogP contribution in [0.2, 0.25) is 0 Å². The minimum Gasteiger partial charge on any atom is -0.480 e. The molecule has 15 nitrogen and oxygen atoms in total. The number of carboxylic acids is 1. The van der Waals surface area contributed by atoms with Gasteiger partial charge < -0.3 is 35.6 Å². The molecule has 3 aromatic heterocycles. The SMILES string of the molecule is C.CC(C)c1nc(CN(C)C(=O)NC(C)(C)C(=O)C[C@H](CC[C@H](Cc2ccccc2)NC(=O)OCc2cncs2)Cc2ccccc2)cs1.CC(C)c1nc(CN(C)C(=O)NC(C)(C)C(=O)O)cs1.I. The molecule has 0 unspecified atom stereocenters. The van der Waals surface area contributed by atoms with Crippen molar-refractivity contribution in [2.45, 2.75) is 144 Å². The first-order chi connectivity index (χ1) is 32.1. The molecule has 5 aromatic rings. The number of benzene rings is 2. The van der Waals surface area contributed by atoms with E-state index in [4.69, 9.17) is 9.84 Å². The minimum atomic E-state index is -1.30. The number of ether oxygens (including phenoxy) is 1. The van der Waals surface area contributed by atoms with Gasteiger partial charge in [-0.2, -0.15) is 0 Å². The van der Waals surface area contributed by atoms with Crippen molar-refractivity contribution < 1.29 is 33.8 Å². The Morgan fingerprint density at radius 3 is 1.64 bits per heavy atom. The highest BCUT2D eigenvalue weighted by atomic mass is 127. The van der Waals surface area contributed by atoms with E-state index >= 15 is 0 Å². The first-order valence-electron chi connectivity index (χ1n) is 22.7. The molecule has 5 amide bonds. The molecule has 0 saturated carbocycles. The number of amides is 5. The van der Waals surface area contributed by atoms with E-state index in [9.17, 15) is 24.0 Å². The molecule has 0 saturated heterocycles. The number of Topliss-reactive ketones (excluding diaryl/α,β-unsaturated/α-hetero) is 1. The normalized spacial score (nSPS) is 12.0. The zero-order chi connectivity index (χ0) is 50.0. The molecule has 19 heteroatoms. The Labute approximate surface area is 443 Å². The lowest BCUT2D eigenvalue weighted by Crippen LogP contribution is -2.53. The van der Waals surface area contributed by atoms with E-state index in [2.05, 4.69) is 70.7 Å². The van der Waals surface area contributed by atoms with E-state index < -0.39 is 29.2 Å². The Balaban J connectivity index is 0.000000643. The fourth-order valence-corrected chi connectivity index (χ4v) is 8.92. The number of thiazole rings is 3. The topological polar surface area (TPSA) is 196 Å². The van der Waals surface area contributed by atoms with Crippen LogP contribution in [0.25, 0.3) is 0 Å². The van der Waals surface area contributed by atoms with Gasteiger partial charge in [0.05, 0.1) is 50.4 Å². The second-order valence-electron chi connectivity index (χ2n) is 18.6. The van der Waals surface area contributed by atoms with Gasteiger partial charge in [0, 0.05) is 55.4 Å². The highest BCUT2D eigenvalue weighted by Gasteiger charge is 2.33. The average molecular weight is 1130 g/mol. The number of hydrogen-bond acceptors (Lipinski definition) is 12. The van der Waals surface area contributed by atoms with Crippen molar-refractivity contribution in [2.75, 3.05) is 14.1 Å². The van der Waals surface area contributed by atoms with E-state index in [0.717, 1.165) is 37.4 Å². The number of carbonyl (C=O) groups excluding carboxylic acids is 4. The molecule has 0 radical (unpaired) electrons. The largest absolute Gasteiger partial charge is 0.480 e. The van der Waals surface area contributed by atoms with E-state index in [-0.39, 0.29) is 68.2 Å². The van der Waals surface area contributed by atoms with Gasteiger partial charge in [-0.3, -0.25) is 9.78 Å². The molecular formula is C51H73IN8O7S3. The molecule has 2 atom stereocenters. The molecule has 70 heavy (non-hydrogen) atoms. The van der Waals surface area contributed by atoms with Gasteiger partial charge in [0.25, 0.3) is 0 Å². The quantitative estimate of drug-likeness (QED) is 0.0484. The number of nitrogens with zero attached hydrogens (tertiary/aromatic N) is 5. The third-order valence-electron chi connectivity index (χ3n) is 10.9. The number of aliphatic carboxylic acids is 1. The van der Waals surface area contributed by atoms with Crippen LogP contribution in [0, 0.1) is 5.92 Å². The number of carboxylic acid groups (broad SMARTS) is 1. The van der Waals surface area contributed by atoms with Crippen LogP contribution in [0.4, 0.5) is 14.4 Å². The second kappa shape index (κ2) is 29.4. The lowest BCUT2D eigenvalue weighted by molar-refractivity contribution is -0.143. The second-order valence-corrected chi connectivity index (χ2v) is 21.4. The van der Waals surface area contributed by atoms with E-state index in [1.54, 1.807) is 67.2 Å². The van der Waals surface area contributed by atoms with E-state index in [1.165, 1.54) is 30.1 Å². The van der Waals surface area contributed by atoms with Crippen LogP contribution in [-0.2, 0) is 46.9 Å². The van der Waals surface area contributed by atoms with E-state index in [0.29, 0.717) is 50.6 Å². The molecule has 4 N–H and O–H groups in total. The van der Waals surface area contributed by atoms with E-state index in [1.807, 2.05) is 59.3 Å². The van der Waals surface area contributed by atoms with Crippen molar-refractivity contribution in [1.29, 1.82) is 0 Å². The first-order valence-corrected chi connectivity index (χ1v) is 25.4. The monoisotopic (exact) mass is 1130 g/mol. The molecule has 5 rings (SSSR count). The molecule has 3 heterocycles. The van der Waals surface area contributed by atoms with Crippen molar-refractivity contribution in [2.24, 2.45) is 5.92 Å². The Morgan fingerprint density at radius 2 is 1.20 bits per heavy atom. The highest BCUT2D eigenvalue weighted by Crippen LogP contribution is 2.25. The average Bonchev–Trinajstić information content (AvgIpc) is 4.09. The number of hydrogen-bond donors (Lipinski definition) is 4. The molecule has 0 aliphatic rings. The Kier molecular flexibility index (Phi) is 25.7. The van der Waals surface area contributed by atoms with Crippen LogP contribution in [0.1, 0.15) is 131 Å². The van der Waals surface area contributed by atoms with Gasteiger partial charge in [0.15, 0.2) is 5.78 Å². The standard InChI is InChI=1S/C37H47N5O4S2.C13H21N3O3S.CH4.HI/c1-26(2)34-39-31(24-47-34)22-42(5)35(44)41-37(3,4)33(43)20-29(18-27-12-8-6-9-13-27)16-17-30(19-28-14-10-7-11-15-28)40-36(45)46-23-32-21-38-25-48-32;1-8(2)10-14-9(7-20-10)6-16(5)12(19)15-13(3,4)11(17)18;;/h6-15,21,24-26,29-30H,16-20,22-23H2,1-5H3,(H,40,45)(H,41,44);7-8H,6H2,1-5H3,(H,15,19)(H,17,18);1H4;1H/t29-,30-;;;/m1.../s1. The Hall–Kier alpha value is -4.99. The van der Waals surface area contributed by atoms with Gasteiger partial charge in [-0.1, -0.05) is 95.8 Å². The minimum absolute atomic E-state index is 0. The molecule has 0 aliphatic carbocycles. The lowest BCUT2D eigenvalue weighted by atomic mass is 9.84. The number of halogens is 1. The molecule has 384 valence electrons. The summed E-state index contributed by atoms with van der Waals surface area (Å²) in [7, 11) is 3.33. The number of ketones is 1. The van der Waals surface area contributed by atoms with Gasteiger partial charge in [-0.15, -0.1) is 58.0 Å². The molecule has 0 aliphatic heterocycles. The molecular weight excluding hydrogens is 1060 g/mol. The summed E-state index contributed by atoms with van der Waals surface area (Å²) in [5, 5.41) is 23.4. The van der Waals surface area contributed by atoms with Crippen molar-refractivity contribution in [3.8, 4) is 0 Å². The molecule has 0 fully saturated rings. The number of nitrogens with one attached hydrogen (secondary N) is 3. The maximum absolute atomic E-state index is 13.8. The van der Waals surface area contributed by atoms with Crippen molar-refractivity contribution in [3.05, 3.63) is 121 Å². The van der Waals surface area contributed by atoms with Crippen molar-refractivity contribution in [3.63, 3.8) is 0 Å². The third-order valence-corrected chi connectivity index (χ3v) is 14.1. The summed E-state index contributed by atoms with van der Waals surface area (Å²) in [5.41, 5.74) is 3.22. The predicted octanol–water partition coefficient (Wildman–Crippen LogP) is 11.3. The van der Waals surface area contributed by atoms with Crippen LogP contribution < -0.4 is 16.0 Å². The zero-order valence-electron chi connectivity index (χ0n) is 41.3. The number of aromatic nitrogens is 3. The van der Waals surface area contributed by atoms with Gasteiger partial charge in [-0.25, -0.2) is 29.1 Å². The number of urea groups is 2. The summed E-state index contributed by atoms with van der Waals surface area (Å²) in [6.45, 7) is 15.6. The number of alkyl carbamates (subject to hydrolysis) is 1. The zero-order valence-corrected chi connectivity index (χ0v) is 46.1. The molecule has 2 aromatic carbocycles. The smallest absolute Gasteiger partial charge is 0.407 e. The molecule has 0 spiro atoms. The fraction of sp³-hybridized carbons (Fsp3) is 0.490. The van der Waals surface area contributed by atoms with Crippen molar-refractivity contribution >= 4 is 87.9 Å². The highest BCUT2D eigenvalue weighted by molar-refractivity contribution is 14.0. The predicted molar refractivity (Wildman–Crippen MR) is 292 cm³/mol. The first kappa shape index (κ1) is 61.1. The summed E-state index contributed by atoms with van der Waals surface area (Å²) in [6.07, 6.45) is 4.17. The van der Waals surface area contributed by atoms with Crippen LogP contribution in [-0.4, -0.2) is 91.0 Å². The van der Waals surface area contributed by atoms with Crippen molar-refractivity contribution in [1.82, 2.24) is 40.7 Å². The van der Waals surface area contributed by atoms with Gasteiger partial charge >= 0.3 is 24.1 Å². The number of rotatable bonds is 22.